The molecule has 0 aliphatic carbocycles. The van der Waals surface area contributed by atoms with Gasteiger partial charge in [-0.25, -0.2) is 9.97 Å². The highest BCUT2D eigenvalue weighted by atomic mass is 35.5. The molecule has 0 radical (unpaired) electrons. The molecular weight excluding hydrogens is 274 g/mol. The molecule has 0 unspecified atom stereocenters. The monoisotopic (exact) mass is 285 g/mol. The SMILES string of the molecule is CNc1cc(Oc2ccc(Cl)c3ccccc23)ncn1. The summed E-state index contributed by atoms with van der Waals surface area (Å²) in [5.41, 5.74) is 0. The average Bonchev–Trinajstić information content (AvgIpc) is 2.51. The van der Waals surface area contributed by atoms with Gasteiger partial charge in [0.1, 0.15) is 17.9 Å². The van der Waals surface area contributed by atoms with Crippen LogP contribution in [0.15, 0.2) is 48.8 Å². The molecule has 0 fully saturated rings. The number of aromatic nitrogens is 2. The number of nitrogens with one attached hydrogen (secondary N) is 1. The van der Waals surface area contributed by atoms with Crippen molar-refractivity contribution >= 4 is 28.2 Å². The van der Waals surface area contributed by atoms with Crippen molar-refractivity contribution in [3.63, 3.8) is 0 Å². The molecule has 0 aliphatic heterocycles. The maximum Gasteiger partial charge on any atom is 0.224 e. The number of anilines is 1. The molecule has 5 heteroatoms. The molecule has 0 spiro atoms. The lowest BCUT2D eigenvalue weighted by molar-refractivity contribution is 0.467. The van der Waals surface area contributed by atoms with Gasteiger partial charge in [-0.2, -0.15) is 0 Å². The van der Waals surface area contributed by atoms with Gasteiger partial charge in [0.25, 0.3) is 0 Å². The molecule has 20 heavy (non-hydrogen) atoms. The first-order chi connectivity index (χ1) is 9.78. The Morgan fingerprint density at radius 2 is 1.85 bits per heavy atom. The normalized spacial score (nSPS) is 10.5. The molecule has 0 atom stereocenters. The Bertz CT molecular complexity index is 761. The van der Waals surface area contributed by atoms with Gasteiger partial charge >= 0.3 is 0 Å². The summed E-state index contributed by atoms with van der Waals surface area (Å²) in [7, 11) is 1.80. The zero-order valence-corrected chi connectivity index (χ0v) is 11.6. The molecule has 0 amide bonds. The van der Waals surface area contributed by atoms with Crippen molar-refractivity contribution in [2.24, 2.45) is 0 Å². The number of hydrogen-bond acceptors (Lipinski definition) is 4. The van der Waals surface area contributed by atoms with E-state index >= 15 is 0 Å². The summed E-state index contributed by atoms with van der Waals surface area (Å²) in [5, 5.41) is 5.55. The minimum atomic E-state index is 0.483. The summed E-state index contributed by atoms with van der Waals surface area (Å²) in [6.07, 6.45) is 1.46. The fraction of sp³-hybridized carbons (Fsp3) is 0.0667. The lowest BCUT2D eigenvalue weighted by Gasteiger charge is -2.09. The standard InChI is InChI=1S/C15H12ClN3O/c1-17-14-8-15(19-9-18-14)20-13-7-6-12(16)10-4-2-3-5-11(10)13/h2-9H,1H3,(H,17,18,19). The molecule has 1 heterocycles. The largest absolute Gasteiger partial charge is 0.438 e. The van der Waals surface area contributed by atoms with E-state index in [-0.39, 0.29) is 0 Å². The molecule has 3 aromatic rings. The molecule has 0 aliphatic rings. The van der Waals surface area contributed by atoms with Crippen LogP contribution in [0, 0.1) is 0 Å². The number of fused-ring (bicyclic) bond motifs is 1. The zero-order valence-electron chi connectivity index (χ0n) is 10.8. The number of rotatable bonds is 3. The van der Waals surface area contributed by atoms with Crippen LogP contribution in [-0.4, -0.2) is 17.0 Å². The number of benzene rings is 2. The second-order valence-electron chi connectivity index (χ2n) is 4.18. The van der Waals surface area contributed by atoms with E-state index in [1.54, 1.807) is 13.1 Å². The minimum absolute atomic E-state index is 0.483. The molecule has 4 nitrogen and oxygen atoms in total. The van der Waals surface area contributed by atoms with Crippen LogP contribution in [-0.2, 0) is 0 Å². The summed E-state index contributed by atoms with van der Waals surface area (Å²) in [5.74, 6) is 1.90. The average molecular weight is 286 g/mol. The fourth-order valence-electron chi connectivity index (χ4n) is 1.97. The predicted octanol–water partition coefficient (Wildman–Crippen LogP) is 4.12. The maximum absolute atomic E-state index is 6.19. The molecule has 1 aromatic heterocycles. The topological polar surface area (TPSA) is 47.0 Å². The fourth-order valence-corrected chi connectivity index (χ4v) is 2.20. The van der Waals surface area contributed by atoms with E-state index < -0.39 is 0 Å². The van der Waals surface area contributed by atoms with Gasteiger partial charge in [0, 0.05) is 28.9 Å². The number of hydrogen-bond donors (Lipinski definition) is 1. The Labute approximate surface area is 121 Å². The Morgan fingerprint density at radius 1 is 1.05 bits per heavy atom. The molecule has 3 rings (SSSR count). The molecule has 2 aromatic carbocycles. The van der Waals surface area contributed by atoms with E-state index in [9.17, 15) is 0 Å². The van der Waals surface area contributed by atoms with Crippen molar-refractivity contribution < 1.29 is 4.74 Å². The van der Waals surface area contributed by atoms with E-state index in [0.717, 1.165) is 10.8 Å². The van der Waals surface area contributed by atoms with E-state index in [2.05, 4.69) is 15.3 Å². The van der Waals surface area contributed by atoms with Gasteiger partial charge in [0.2, 0.25) is 5.88 Å². The highest BCUT2D eigenvalue weighted by molar-refractivity contribution is 6.35. The first kappa shape index (κ1) is 12.7. The Kier molecular flexibility index (Phi) is 3.39. The van der Waals surface area contributed by atoms with Crippen molar-refractivity contribution in [1.82, 2.24) is 9.97 Å². The summed E-state index contributed by atoms with van der Waals surface area (Å²) in [6, 6.07) is 13.2. The summed E-state index contributed by atoms with van der Waals surface area (Å²) >= 11 is 6.19. The van der Waals surface area contributed by atoms with E-state index in [0.29, 0.717) is 22.5 Å². The second kappa shape index (κ2) is 5.35. The van der Waals surface area contributed by atoms with Crippen molar-refractivity contribution in [1.29, 1.82) is 0 Å². The van der Waals surface area contributed by atoms with Gasteiger partial charge < -0.3 is 10.1 Å². The van der Waals surface area contributed by atoms with Gasteiger partial charge in [-0.3, -0.25) is 0 Å². The smallest absolute Gasteiger partial charge is 0.224 e. The van der Waals surface area contributed by atoms with Crippen LogP contribution in [0.5, 0.6) is 11.6 Å². The highest BCUT2D eigenvalue weighted by Gasteiger charge is 2.07. The predicted molar refractivity (Wildman–Crippen MR) is 80.6 cm³/mol. The van der Waals surface area contributed by atoms with Gasteiger partial charge in [-0.05, 0) is 12.1 Å². The summed E-state index contributed by atoms with van der Waals surface area (Å²) in [4.78, 5) is 8.16. The maximum atomic E-state index is 6.19. The molecule has 0 bridgehead atoms. The molecule has 0 saturated heterocycles. The Morgan fingerprint density at radius 3 is 2.65 bits per heavy atom. The third-order valence-electron chi connectivity index (χ3n) is 2.94. The first-order valence-corrected chi connectivity index (χ1v) is 6.50. The quantitative estimate of drug-likeness (QED) is 0.786. The summed E-state index contributed by atoms with van der Waals surface area (Å²) < 4.78 is 5.84. The van der Waals surface area contributed by atoms with Crippen molar-refractivity contribution in [3.8, 4) is 11.6 Å². The van der Waals surface area contributed by atoms with Gasteiger partial charge in [0.15, 0.2) is 0 Å². The molecule has 1 N–H and O–H groups in total. The Hall–Kier alpha value is -2.33. The van der Waals surface area contributed by atoms with E-state index in [1.807, 2.05) is 36.4 Å². The lowest BCUT2D eigenvalue weighted by Crippen LogP contribution is -1.95. The van der Waals surface area contributed by atoms with Crippen LogP contribution in [0.1, 0.15) is 0 Å². The minimum Gasteiger partial charge on any atom is -0.438 e. The van der Waals surface area contributed by atoms with Crippen LogP contribution < -0.4 is 10.1 Å². The number of ether oxygens (including phenoxy) is 1. The molecule has 100 valence electrons. The van der Waals surface area contributed by atoms with Gasteiger partial charge in [-0.15, -0.1) is 0 Å². The van der Waals surface area contributed by atoms with Crippen LogP contribution in [0.3, 0.4) is 0 Å². The van der Waals surface area contributed by atoms with E-state index in [4.69, 9.17) is 16.3 Å². The number of nitrogens with zero attached hydrogens (tertiary/aromatic N) is 2. The van der Waals surface area contributed by atoms with Crippen molar-refractivity contribution in [2.45, 2.75) is 0 Å². The van der Waals surface area contributed by atoms with Crippen LogP contribution in [0.25, 0.3) is 10.8 Å². The summed E-state index contributed by atoms with van der Waals surface area (Å²) in [6.45, 7) is 0. The van der Waals surface area contributed by atoms with Gasteiger partial charge in [0.05, 0.1) is 0 Å². The first-order valence-electron chi connectivity index (χ1n) is 6.13. The second-order valence-corrected chi connectivity index (χ2v) is 4.59. The lowest BCUT2D eigenvalue weighted by atomic mass is 10.1. The third kappa shape index (κ3) is 2.38. The Balaban J connectivity index is 2.04. The zero-order chi connectivity index (χ0) is 13.9. The van der Waals surface area contributed by atoms with Crippen molar-refractivity contribution in [2.75, 3.05) is 12.4 Å². The van der Waals surface area contributed by atoms with Crippen LogP contribution in [0.2, 0.25) is 5.02 Å². The van der Waals surface area contributed by atoms with Crippen LogP contribution >= 0.6 is 11.6 Å². The van der Waals surface area contributed by atoms with Crippen LogP contribution in [0.4, 0.5) is 5.82 Å². The highest BCUT2D eigenvalue weighted by Crippen LogP contribution is 2.33. The van der Waals surface area contributed by atoms with Crippen molar-refractivity contribution in [3.05, 3.63) is 53.8 Å². The molecule has 0 saturated carbocycles. The van der Waals surface area contributed by atoms with Gasteiger partial charge in [-0.1, -0.05) is 35.9 Å². The number of halogens is 1. The molecular formula is C15H12ClN3O. The third-order valence-corrected chi connectivity index (χ3v) is 3.27. The van der Waals surface area contributed by atoms with E-state index in [1.165, 1.54) is 6.33 Å².